The lowest BCUT2D eigenvalue weighted by molar-refractivity contribution is -0.102. The van der Waals surface area contributed by atoms with E-state index >= 15 is 0 Å². The molecule has 0 amide bonds. The van der Waals surface area contributed by atoms with Gasteiger partial charge in [-0.25, -0.2) is 8.78 Å². The minimum Gasteiger partial charge on any atom is -0.376 e. The van der Waals surface area contributed by atoms with Gasteiger partial charge in [-0.3, -0.25) is 0 Å². The molecule has 1 heterocycles. The maximum absolute atomic E-state index is 13.5. The molecule has 0 aliphatic carbocycles. The Morgan fingerprint density at radius 3 is 2.76 bits per heavy atom. The van der Waals surface area contributed by atoms with Crippen molar-refractivity contribution in [3.8, 4) is 0 Å². The summed E-state index contributed by atoms with van der Waals surface area (Å²) in [5.41, 5.74) is 1.02. The van der Waals surface area contributed by atoms with Gasteiger partial charge in [0.05, 0.1) is 19.8 Å². The highest BCUT2D eigenvalue weighted by atomic mass is 19.3. The molecule has 2 rings (SSSR count). The van der Waals surface area contributed by atoms with Crippen molar-refractivity contribution < 1.29 is 13.5 Å². The highest BCUT2D eigenvalue weighted by Crippen LogP contribution is 2.29. The third kappa shape index (κ3) is 3.48. The molecule has 94 valence electrons. The first-order valence-electron chi connectivity index (χ1n) is 5.89. The number of halogens is 2. The second-order valence-corrected chi connectivity index (χ2v) is 4.42. The topological polar surface area (TPSA) is 21.3 Å². The van der Waals surface area contributed by atoms with Crippen molar-refractivity contribution in [1.82, 2.24) is 5.32 Å². The maximum atomic E-state index is 13.5. The molecular formula is C13H17F2NO. The van der Waals surface area contributed by atoms with Crippen molar-refractivity contribution in [2.75, 3.05) is 19.7 Å². The molecule has 1 N–H and O–H groups in total. The third-order valence-electron chi connectivity index (χ3n) is 3.06. The molecule has 0 unspecified atom stereocenters. The second kappa shape index (κ2) is 5.56. The largest absolute Gasteiger partial charge is 0.376 e. The van der Waals surface area contributed by atoms with Gasteiger partial charge in [0.15, 0.2) is 0 Å². The second-order valence-electron chi connectivity index (χ2n) is 4.42. The first-order chi connectivity index (χ1) is 8.18. The Bertz CT molecular complexity index is 343. The third-order valence-corrected chi connectivity index (χ3v) is 3.06. The van der Waals surface area contributed by atoms with Crippen LogP contribution in [0.4, 0.5) is 8.78 Å². The number of hydrogen-bond acceptors (Lipinski definition) is 2. The van der Waals surface area contributed by atoms with Crippen LogP contribution in [-0.4, -0.2) is 25.6 Å². The van der Waals surface area contributed by atoms with E-state index in [9.17, 15) is 8.78 Å². The van der Waals surface area contributed by atoms with E-state index in [0.29, 0.717) is 19.6 Å². The van der Waals surface area contributed by atoms with Gasteiger partial charge in [0, 0.05) is 5.92 Å². The van der Waals surface area contributed by atoms with Crippen LogP contribution < -0.4 is 5.32 Å². The Hall–Kier alpha value is -1.00. The molecule has 0 spiro atoms. The molecule has 1 saturated heterocycles. The summed E-state index contributed by atoms with van der Waals surface area (Å²) in [7, 11) is 0. The van der Waals surface area contributed by atoms with Crippen LogP contribution in [0.15, 0.2) is 30.3 Å². The summed E-state index contributed by atoms with van der Waals surface area (Å²) in [6.45, 7) is 0.950. The molecular weight excluding hydrogens is 224 g/mol. The molecule has 0 saturated carbocycles. The fourth-order valence-corrected chi connectivity index (χ4v) is 1.99. The Morgan fingerprint density at radius 1 is 1.29 bits per heavy atom. The highest BCUT2D eigenvalue weighted by molar-refractivity contribution is 5.13. The fraction of sp³-hybridized carbons (Fsp3) is 0.538. The lowest BCUT2D eigenvalue weighted by atomic mass is 9.95. The monoisotopic (exact) mass is 241 g/mol. The average molecular weight is 241 g/mol. The summed E-state index contributed by atoms with van der Waals surface area (Å²) >= 11 is 0. The highest BCUT2D eigenvalue weighted by Gasteiger charge is 2.41. The van der Waals surface area contributed by atoms with E-state index in [1.165, 1.54) is 0 Å². The van der Waals surface area contributed by atoms with Crippen LogP contribution in [0, 0.1) is 5.92 Å². The minimum atomic E-state index is -2.64. The van der Waals surface area contributed by atoms with Crippen molar-refractivity contribution in [2.24, 2.45) is 5.92 Å². The summed E-state index contributed by atoms with van der Waals surface area (Å²) in [5.74, 6) is -3.30. The Morgan fingerprint density at radius 2 is 2.06 bits per heavy atom. The summed E-state index contributed by atoms with van der Waals surface area (Å²) in [5, 5.41) is 2.71. The van der Waals surface area contributed by atoms with Gasteiger partial charge in [-0.1, -0.05) is 30.3 Å². The predicted octanol–water partition coefficient (Wildman–Crippen LogP) is 2.45. The zero-order valence-electron chi connectivity index (χ0n) is 9.66. The number of hydrogen-bond donors (Lipinski definition) is 1. The molecule has 4 heteroatoms. The van der Waals surface area contributed by atoms with Gasteiger partial charge < -0.3 is 10.1 Å². The van der Waals surface area contributed by atoms with Crippen molar-refractivity contribution in [2.45, 2.75) is 19.0 Å². The maximum Gasteiger partial charge on any atom is 0.265 e. The summed E-state index contributed by atoms with van der Waals surface area (Å²) < 4.78 is 32.3. The number of nitrogens with one attached hydrogen (secondary N) is 1. The number of alkyl halides is 2. The normalized spacial score (nSPS) is 23.5. The van der Waals surface area contributed by atoms with Crippen LogP contribution in [0.1, 0.15) is 12.0 Å². The van der Waals surface area contributed by atoms with Gasteiger partial charge in [-0.05, 0) is 18.5 Å². The molecule has 1 aromatic carbocycles. The SMILES string of the molecule is FC1(F)CNCC[C@H]1COCc1ccccc1. The van der Waals surface area contributed by atoms with Crippen LogP contribution in [0.25, 0.3) is 0 Å². The number of ether oxygens (including phenoxy) is 1. The van der Waals surface area contributed by atoms with Gasteiger partial charge in [-0.15, -0.1) is 0 Å². The van der Waals surface area contributed by atoms with Crippen molar-refractivity contribution in [3.05, 3.63) is 35.9 Å². The van der Waals surface area contributed by atoms with Crippen molar-refractivity contribution >= 4 is 0 Å². The van der Waals surface area contributed by atoms with Crippen molar-refractivity contribution in [1.29, 1.82) is 0 Å². The lowest BCUT2D eigenvalue weighted by Crippen LogP contribution is -2.47. The number of piperidine rings is 1. The zero-order chi connectivity index (χ0) is 12.1. The van der Waals surface area contributed by atoms with E-state index in [0.717, 1.165) is 5.56 Å². The fourth-order valence-electron chi connectivity index (χ4n) is 1.99. The molecule has 1 atom stereocenters. The molecule has 17 heavy (non-hydrogen) atoms. The standard InChI is InChI=1S/C13H17F2NO/c14-13(15)10-16-7-6-12(13)9-17-8-11-4-2-1-3-5-11/h1-5,12,16H,6-10H2/t12-/m0/s1. The van der Waals surface area contributed by atoms with Crippen molar-refractivity contribution in [3.63, 3.8) is 0 Å². The van der Waals surface area contributed by atoms with Crippen LogP contribution in [0.2, 0.25) is 0 Å². The average Bonchev–Trinajstić information content (AvgIpc) is 2.32. The molecule has 1 aliphatic heterocycles. The van der Waals surface area contributed by atoms with E-state index < -0.39 is 11.8 Å². The Labute approximate surface area is 100.0 Å². The van der Waals surface area contributed by atoms with E-state index in [4.69, 9.17) is 4.74 Å². The number of benzene rings is 1. The molecule has 1 fully saturated rings. The molecule has 1 aromatic rings. The quantitative estimate of drug-likeness (QED) is 0.874. The Balaban J connectivity index is 1.78. The van der Waals surface area contributed by atoms with Gasteiger partial charge in [0.1, 0.15) is 0 Å². The summed E-state index contributed by atoms with van der Waals surface area (Å²) in [6.07, 6.45) is 0.474. The minimum absolute atomic E-state index is 0.129. The van der Waals surface area contributed by atoms with E-state index in [-0.39, 0.29) is 13.2 Å². The van der Waals surface area contributed by atoms with E-state index in [1.54, 1.807) is 0 Å². The first kappa shape index (κ1) is 12.5. The number of rotatable bonds is 4. The first-order valence-corrected chi connectivity index (χ1v) is 5.89. The van der Waals surface area contributed by atoms with Crippen LogP contribution in [-0.2, 0) is 11.3 Å². The molecule has 2 nitrogen and oxygen atoms in total. The molecule has 0 bridgehead atoms. The van der Waals surface area contributed by atoms with E-state index in [2.05, 4.69) is 5.32 Å². The van der Waals surface area contributed by atoms with Gasteiger partial charge in [0.2, 0.25) is 0 Å². The molecule has 1 aliphatic rings. The van der Waals surface area contributed by atoms with Crippen LogP contribution in [0.5, 0.6) is 0 Å². The molecule has 0 radical (unpaired) electrons. The summed E-state index contributed by atoms with van der Waals surface area (Å²) in [6, 6.07) is 9.61. The van der Waals surface area contributed by atoms with Crippen LogP contribution >= 0.6 is 0 Å². The zero-order valence-corrected chi connectivity index (χ0v) is 9.66. The molecule has 0 aromatic heterocycles. The van der Waals surface area contributed by atoms with Gasteiger partial charge >= 0.3 is 0 Å². The predicted molar refractivity (Wildman–Crippen MR) is 62.0 cm³/mol. The van der Waals surface area contributed by atoms with E-state index in [1.807, 2.05) is 30.3 Å². The lowest BCUT2D eigenvalue weighted by Gasteiger charge is -2.31. The smallest absolute Gasteiger partial charge is 0.265 e. The Kier molecular flexibility index (Phi) is 4.07. The summed E-state index contributed by atoms with van der Waals surface area (Å²) in [4.78, 5) is 0. The van der Waals surface area contributed by atoms with Gasteiger partial charge in [-0.2, -0.15) is 0 Å². The van der Waals surface area contributed by atoms with Gasteiger partial charge in [0.25, 0.3) is 5.92 Å². The van der Waals surface area contributed by atoms with Crippen LogP contribution in [0.3, 0.4) is 0 Å².